The quantitative estimate of drug-likeness (QED) is 0.706. The molecule has 0 radical (unpaired) electrons. The van der Waals surface area contributed by atoms with Gasteiger partial charge in [-0.05, 0) is 23.8 Å². The molecule has 1 saturated heterocycles. The molecule has 2 heterocycles. The number of aromatic hydroxyl groups is 2. The van der Waals surface area contributed by atoms with Crippen molar-refractivity contribution in [2.24, 2.45) is 0 Å². The van der Waals surface area contributed by atoms with Gasteiger partial charge in [0.15, 0.2) is 11.5 Å². The van der Waals surface area contributed by atoms with Crippen LogP contribution in [0.3, 0.4) is 0 Å². The van der Waals surface area contributed by atoms with Gasteiger partial charge in [-0.25, -0.2) is 4.98 Å². The maximum absolute atomic E-state index is 10.1. The second-order valence-corrected chi connectivity index (χ2v) is 5.70. The minimum atomic E-state index is -0.138. The maximum atomic E-state index is 10.1. The van der Waals surface area contributed by atoms with Crippen molar-refractivity contribution in [2.45, 2.75) is 0 Å². The number of ether oxygens (including phenoxy) is 1. The van der Waals surface area contributed by atoms with Gasteiger partial charge in [0, 0.05) is 18.7 Å². The molecule has 1 aliphatic heterocycles. The summed E-state index contributed by atoms with van der Waals surface area (Å²) in [7, 11) is 0. The van der Waals surface area contributed by atoms with Crippen LogP contribution in [0.2, 0.25) is 0 Å². The predicted octanol–water partition coefficient (Wildman–Crippen LogP) is 2.54. The average Bonchev–Trinajstić information content (AvgIpc) is 2.64. The lowest BCUT2D eigenvalue weighted by Gasteiger charge is -2.27. The summed E-state index contributed by atoms with van der Waals surface area (Å²) < 4.78 is 5.37. The second-order valence-electron chi connectivity index (χ2n) is 5.70. The van der Waals surface area contributed by atoms with E-state index >= 15 is 0 Å². The highest BCUT2D eigenvalue weighted by Crippen LogP contribution is 2.36. The molecule has 2 aromatic carbocycles. The van der Waals surface area contributed by atoms with Crippen LogP contribution in [-0.2, 0) is 4.74 Å². The Morgan fingerprint density at radius 1 is 1.00 bits per heavy atom. The van der Waals surface area contributed by atoms with Crippen molar-refractivity contribution >= 4 is 16.9 Å². The fourth-order valence-corrected chi connectivity index (χ4v) is 2.88. The van der Waals surface area contributed by atoms with Gasteiger partial charge in [-0.3, -0.25) is 4.98 Å². The summed E-state index contributed by atoms with van der Waals surface area (Å²) in [6, 6.07) is 10.5. The van der Waals surface area contributed by atoms with Crippen LogP contribution in [0.1, 0.15) is 0 Å². The molecule has 3 aromatic rings. The van der Waals surface area contributed by atoms with Gasteiger partial charge in [-0.2, -0.15) is 0 Å². The number of hydrogen-bond donors (Lipinski definition) is 2. The summed E-state index contributed by atoms with van der Waals surface area (Å²) in [5, 5.41) is 19.8. The average molecular weight is 323 g/mol. The van der Waals surface area contributed by atoms with Crippen LogP contribution < -0.4 is 4.90 Å². The SMILES string of the molecule is Oc1cccc(-c2ccc3ncc(N4CCOCC4)nc3c2)c1O. The standard InChI is InChI=1S/C18H17N3O3/c22-16-3-1-2-13(18(16)23)12-4-5-14-15(10-12)20-17(11-19-14)21-6-8-24-9-7-21/h1-5,10-11,22-23H,6-9H2. The van der Waals surface area contributed by atoms with Crippen LogP contribution in [0.4, 0.5) is 5.82 Å². The van der Waals surface area contributed by atoms with Gasteiger partial charge in [0.25, 0.3) is 0 Å². The van der Waals surface area contributed by atoms with Crippen LogP contribution in [-0.4, -0.2) is 46.5 Å². The molecule has 0 bridgehead atoms. The van der Waals surface area contributed by atoms with Crippen molar-refractivity contribution < 1.29 is 14.9 Å². The first-order valence-electron chi connectivity index (χ1n) is 7.83. The van der Waals surface area contributed by atoms with Gasteiger partial charge in [-0.1, -0.05) is 18.2 Å². The predicted molar refractivity (Wildman–Crippen MR) is 91.3 cm³/mol. The Labute approximate surface area is 139 Å². The van der Waals surface area contributed by atoms with Crippen molar-refractivity contribution in [2.75, 3.05) is 31.2 Å². The number of anilines is 1. The molecule has 0 amide bonds. The smallest absolute Gasteiger partial charge is 0.165 e. The molecular weight excluding hydrogens is 306 g/mol. The van der Waals surface area contributed by atoms with E-state index < -0.39 is 0 Å². The Morgan fingerprint density at radius 3 is 2.67 bits per heavy atom. The minimum absolute atomic E-state index is 0.130. The van der Waals surface area contributed by atoms with Gasteiger partial charge >= 0.3 is 0 Å². The molecule has 24 heavy (non-hydrogen) atoms. The molecule has 0 unspecified atom stereocenters. The number of nitrogens with zero attached hydrogens (tertiary/aromatic N) is 3. The lowest BCUT2D eigenvalue weighted by molar-refractivity contribution is 0.122. The first-order chi connectivity index (χ1) is 11.7. The zero-order valence-electron chi connectivity index (χ0n) is 13.0. The van der Waals surface area contributed by atoms with Crippen molar-refractivity contribution in [1.29, 1.82) is 0 Å². The van der Waals surface area contributed by atoms with Crippen LogP contribution >= 0.6 is 0 Å². The summed E-state index contributed by atoms with van der Waals surface area (Å²) in [6.07, 6.45) is 1.78. The zero-order chi connectivity index (χ0) is 16.5. The van der Waals surface area contributed by atoms with Crippen LogP contribution in [0, 0.1) is 0 Å². The topological polar surface area (TPSA) is 78.7 Å². The van der Waals surface area contributed by atoms with E-state index in [0.29, 0.717) is 18.8 Å². The molecule has 0 atom stereocenters. The number of benzene rings is 2. The summed E-state index contributed by atoms with van der Waals surface area (Å²) in [5.41, 5.74) is 2.88. The third kappa shape index (κ3) is 2.61. The minimum Gasteiger partial charge on any atom is -0.504 e. The van der Waals surface area contributed by atoms with E-state index in [4.69, 9.17) is 9.72 Å². The van der Waals surface area contributed by atoms with Gasteiger partial charge in [0.1, 0.15) is 5.82 Å². The number of phenols is 2. The van der Waals surface area contributed by atoms with Crippen molar-refractivity contribution in [1.82, 2.24) is 9.97 Å². The summed E-state index contributed by atoms with van der Waals surface area (Å²) in [6.45, 7) is 2.98. The highest BCUT2D eigenvalue weighted by molar-refractivity contribution is 5.84. The van der Waals surface area contributed by atoms with Crippen molar-refractivity contribution in [3.05, 3.63) is 42.6 Å². The van der Waals surface area contributed by atoms with E-state index in [-0.39, 0.29) is 11.5 Å². The van der Waals surface area contributed by atoms with E-state index in [1.54, 1.807) is 18.3 Å². The van der Waals surface area contributed by atoms with Crippen LogP contribution in [0.15, 0.2) is 42.6 Å². The molecule has 0 aliphatic carbocycles. The molecule has 1 aliphatic rings. The molecule has 4 rings (SSSR count). The molecule has 2 N–H and O–H groups in total. The number of phenolic OH excluding ortho intramolecular Hbond substituents is 2. The summed E-state index contributed by atoms with van der Waals surface area (Å²) in [5.74, 6) is 0.554. The monoisotopic (exact) mass is 323 g/mol. The lowest BCUT2D eigenvalue weighted by Crippen LogP contribution is -2.36. The Kier molecular flexibility index (Phi) is 3.66. The molecule has 1 fully saturated rings. The highest BCUT2D eigenvalue weighted by atomic mass is 16.5. The van der Waals surface area contributed by atoms with E-state index in [1.165, 1.54) is 6.07 Å². The van der Waals surface area contributed by atoms with Crippen molar-refractivity contribution in [3.8, 4) is 22.6 Å². The summed E-state index contributed by atoms with van der Waals surface area (Å²) >= 11 is 0. The number of para-hydroxylation sites is 1. The maximum Gasteiger partial charge on any atom is 0.165 e. The first kappa shape index (κ1) is 14.7. The molecule has 122 valence electrons. The lowest BCUT2D eigenvalue weighted by atomic mass is 10.0. The number of rotatable bonds is 2. The Morgan fingerprint density at radius 2 is 1.83 bits per heavy atom. The van der Waals surface area contributed by atoms with E-state index in [0.717, 1.165) is 35.5 Å². The van der Waals surface area contributed by atoms with Crippen LogP contribution in [0.5, 0.6) is 11.5 Å². The Balaban J connectivity index is 1.77. The Hall–Kier alpha value is -2.86. The largest absolute Gasteiger partial charge is 0.504 e. The molecule has 0 saturated carbocycles. The number of fused-ring (bicyclic) bond motifs is 1. The van der Waals surface area contributed by atoms with E-state index in [2.05, 4.69) is 9.88 Å². The summed E-state index contributed by atoms with van der Waals surface area (Å²) in [4.78, 5) is 11.3. The van der Waals surface area contributed by atoms with E-state index in [9.17, 15) is 10.2 Å². The zero-order valence-corrected chi connectivity index (χ0v) is 13.0. The second kappa shape index (κ2) is 5.98. The number of morpholine rings is 1. The highest BCUT2D eigenvalue weighted by Gasteiger charge is 2.14. The van der Waals surface area contributed by atoms with Crippen molar-refractivity contribution in [3.63, 3.8) is 0 Å². The fourth-order valence-electron chi connectivity index (χ4n) is 2.88. The molecule has 0 spiro atoms. The molecule has 1 aromatic heterocycles. The first-order valence-corrected chi connectivity index (χ1v) is 7.83. The van der Waals surface area contributed by atoms with Gasteiger partial charge in [0.05, 0.1) is 30.4 Å². The fraction of sp³-hybridized carbons (Fsp3) is 0.222. The number of aromatic nitrogens is 2. The third-order valence-corrected chi connectivity index (χ3v) is 4.19. The number of hydrogen-bond acceptors (Lipinski definition) is 6. The van der Waals surface area contributed by atoms with Gasteiger partial charge in [-0.15, -0.1) is 0 Å². The normalized spacial score (nSPS) is 14.9. The van der Waals surface area contributed by atoms with Crippen LogP contribution in [0.25, 0.3) is 22.2 Å². The molecule has 6 heteroatoms. The third-order valence-electron chi connectivity index (χ3n) is 4.19. The van der Waals surface area contributed by atoms with Gasteiger partial charge < -0.3 is 19.8 Å². The molecular formula is C18H17N3O3. The van der Waals surface area contributed by atoms with Gasteiger partial charge in [0.2, 0.25) is 0 Å². The van der Waals surface area contributed by atoms with E-state index in [1.807, 2.05) is 18.2 Å². The molecule has 6 nitrogen and oxygen atoms in total. The Bertz CT molecular complexity index is 892.